The minimum absolute atomic E-state index is 0.0424. The molecule has 2 N–H and O–H groups in total. The second kappa shape index (κ2) is 2.37. The normalized spacial score (nSPS) is 10.4. The molecule has 2 rings (SSSR count). The van der Waals surface area contributed by atoms with E-state index in [1.165, 1.54) is 0 Å². The first-order chi connectivity index (χ1) is 5.77. The summed E-state index contributed by atoms with van der Waals surface area (Å²) in [5, 5.41) is 7.20. The molecule has 5 nitrogen and oxygen atoms in total. The molecule has 0 spiro atoms. The summed E-state index contributed by atoms with van der Waals surface area (Å²) in [6.45, 7) is 1.89. The van der Waals surface area contributed by atoms with Gasteiger partial charge in [-0.25, -0.2) is 0 Å². The minimum Gasteiger partial charge on any atom is -0.459 e. The molecule has 0 saturated carbocycles. The van der Waals surface area contributed by atoms with E-state index in [1.54, 1.807) is 6.26 Å². The van der Waals surface area contributed by atoms with Crippen molar-refractivity contribution in [1.82, 2.24) is 10.2 Å². The van der Waals surface area contributed by atoms with Gasteiger partial charge < -0.3 is 14.6 Å². The van der Waals surface area contributed by atoms with Gasteiger partial charge in [-0.15, -0.1) is 5.10 Å². The van der Waals surface area contributed by atoms with Gasteiger partial charge in [0.05, 0.1) is 6.26 Å². The van der Waals surface area contributed by atoms with E-state index in [0.717, 1.165) is 5.56 Å². The van der Waals surface area contributed by atoms with Gasteiger partial charge in [0.1, 0.15) is 0 Å². The van der Waals surface area contributed by atoms with Crippen LogP contribution in [-0.4, -0.2) is 10.2 Å². The summed E-state index contributed by atoms with van der Waals surface area (Å²) in [5.41, 5.74) is 6.20. The van der Waals surface area contributed by atoms with Crippen molar-refractivity contribution in [3.63, 3.8) is 0 Å². The maximum Gasteiger partial charge on any atom is 0.313 e. The maximum atomic E-state index is 5.25. The first-order valence-electron chi connectivity index (χ1n) is 3.41. The Morgan fingerprint density at radius 3 is 2.75 bits per heavy atom. The molecule has 0 radical (unpaired) electrons. The van der Waals surface area contributed by atoms with Crippen LogP contribution in [-0.2, 0) is 0 Å². The Hall–Kier alpha value is -1.78. The molecular weight excluding hydrogens is 158 g/mol. The first-order valence-corrected chi connectivity index (χ1v) is 3.41. The van der Waals surface area contributed by atoms with Gasteiger partial charge in [-0.3, -0.25) is 0 Å². The predicted molar refractivity (Wildman–Crippen MR) is 41.1 cm³/mol. The monoisotopic (exact) mass is 165 g/mol. The van der Waals surface area contributed by atoms with E-state index >= 15 is 0 Å². The molecular formula is C7H7N3O2. The fourth-order valence-electron chi connectivity index (χ4n) is 0.918. The van der Waals surface area contributed by atoms with Crippen LogP contribution < -0.4 is 5.73 Å². The molecule has 0 unspecified atom stereocenters. The van der Waals surface area contributed by atoms with Gasteiger partial charge in [-0.2, -0.15) is 0 Å². The fourth-order valence-corrected chi connectivity index (χ4v) is 0.918. The van der Waals surface area contributed by atoms with Gasteiger partial charge in [0.2, 0.25) is 0 Å². The predicted octanol–water partition coefficient (Wildman–Crippen LogP) is 1.22. The molecule has 0 atom stereocenters. The van der Waals surface area contributed by atoms with E-state index in [1.807, 2.05) is 13.0 Å². The van der Waals surface area contributed by atoms with Gasteiger partial charge in [0, 0.05) is 5.56 Å². The quantitative estimate of drug-likeness (QED) is 0.687. The lowest BCUT2D eigenvalue weighted by atomic mass is 10.3. The molecule has 0 bridgehead atoms. The molecule has 0 amide bonds. The van der Waals surface area contributed by atoms with Crippen LogP contribution in [0.3, 0.4) is 0 Å². The zero-order chi connectivity index (χ0) is 8.55. The van der Waals surface area contributed by atoms with E-state index in [-0.39, 0.29) is 6.01 Å². The number of aryl methyl sites for hydroxylation is 1. The number of nitrogens with two attached hydrogens (primary N) is 1. The van der Waals surface area contributed by atoms with Crippen LogP contribution in [0.4, 0.5) is 6.01 Å². The summed E-state index contributed by atoms with van der Waals surface area (Å²) in [6.07, 6.45) is 1.56. The number of hydrogen-bond acceptors (Lipinski definition) is 5. The number of hydrogen-bond donors (Lipinski definition) is 1. The van der Waals surface area contributed by atoms with Crippen LogP contribution in [0.1, 0.15) is 5.56 Å². The topological polar surface area (TPSA) is 78.1 Å². The largest absolute Gasteiger partial charge is 0.459 e. The molecule has 0 saturated heterocycles. The number of nitrogen functional groups attached to an aromatic ring is 1. The van der Waals surface area contributed by atoms with Crippen LogP contribution in [0.25, 0.3) is 11.7 Å². The highest BCUT2D eigenvalue weighted by molar-refractivity contribution is 5.49. The summed E-state index contributed by atoms with van der Waals surface area (Å²) < 4.78 is 10.1. The van der Waals surface area contributed by atoms with E-state index in [0.29, 0.717) is 11.7 Å². The SMILES string of the molecule is Cc1ccoc1-c1nnc(N)o1. The molecule has 0 fully saturated rings. The Morgan fingerprint density at radius 2 is 2.25 bits per heavy atom. The second-order valence-electron chi connectivity index (χ2n) is 2.38. The average Bonchev–Trinajstić information content (AvgIpc) is 2.58. The molecule has 0 aromatic carbocycles. The standard InChI is InChI=1S/C7H7N3O2/c1-4-2-3-11-5(4)6-9-10-7(8)12-6/h2-3H,1H3,(H2,8,10). The number of rotatable bonds is 1. The van der Waals surface area contributed by atoms with Crippen molar-refractivity contribution in [2.75, 3.05) is 5.73 Å². The van der Waals surface area contributed by atoms with Crippen molar-refractivity contribution >= 4 is 6.01 Å². The number of anilines is 1. The summed E-state index contributed by atoms with van der Waals surface area (Å²) in [5.74, 6) is 0.884. The second-order valence-corrected chi connectivity index (χ2v) is 2.38. The highest BCUT2D eigenvalue weighted by atomic mass is 16.4. The van der Waals surface area contributed by atoms with Crippen molar-refractivity contribution in [2.24, 2.45) is 0 Å². The van der Waals surface area contributed by atoms with E-state index in [9.17, 15) is 0 Å². The van der Waals surface area contributed by atoms with Gasteiger partial charge in [0.15, 0.2) is 5.76 Å². The number of furan rings is 1. The Morgan fingerprint density at radius 1 is 1.42 bits per heavy atom. The Balaban J connectivity index is 2.50. The molecule has 0 aliphatic heterocycles. The van der Waals surface area contributed by atoms with Gasteiger partial charge in [0.25, 0.3) is 5.89 Å². The van der Waals surface area contributed by atoms with Crippen molar-refractivity contribution in [3.05, 3.63) is 17.9 Å². The van der Waals surface area contributed by atoms with Gasteiger partial charge in [-0.05, 0) is 13.0 Å². The van der Waals surface area contributed by atoms with Crippen molar-refractivity contribution in [2.45, 2.75) is 6.92 Å². The summed E-state index contributed by atoms with van der Waals surface area (Å²) >= 11 is 0. The lowest BCUT2D eigenvalue weighted by Gasteiger charge is -1.87. The third-order valence-electron chi connectivity index (χ3n) is 1.50. The average molecular weight is 165 g/mol. The Kier molecular flexibility index (Phi) is 1.36. The molecule has 62 valence electrons. The van der Waals surface area contributed by atoms with Crippen LogP contribution in [0.5, 0.6) is 0 Å². The van der Waals surface area contributed by atoms with E-state index in [2.05, 4.69) is 10.2 Å². The molecule has 2 aromatic rings. The Labute approximate surface area is 68.2 Å². The lowest BCUT2D eigenvalue weighted by molar-refractivity contribution is 0.524. The Bertz CT molecular complexity index is 391. The third kappa shape index (κ3) is 0.952. The van der Waals surface area contributed by atoms with Crippen LogP contribution >= 0.6 is 0 Å². The highest BCUT2D eigenvalue weighted by Crippen LogP contribution is 2.22. The molecule has 12 heavy (non-hydrogen) atoms. The lowest BCUT2D eigenvalue weighted by Crippen LogP contribution is -1.81. The van der Waals surface area contributed by atoms with Gasteiger partial charge in [-0.1, -0.05) is 5.10 Å². The first kappa shape index (κ1) is 6.90. The molecule has 5 heteroatoms. The maximum absolute atomic E-state index is 5.25. The number of nitrogens with zero attached hydrogens (tertiary/aromatic N) is 2. The molecule has 2 aromatic heterocycles. The molecule has 0 aliphatic rings. The van der Waals surface area contributed by atoms with Crippen molar-refractivity contribution in [1.29, 1.82) is 0 Å². The zero-order valence-electron chi connectivity index (χ0n) is 6.44. The van der Waals surface area contributed by atoms with Crippen LogP contribution in [0.2, 0.25) is 0 Å². The van der Waals surface area contributed by atoms with Crippen molar-refractivity contribution in [3.8, 4) is 11.7 Å². The molecule has 0 aliphatic carbocycles. The van der Waals surface area contributed by atoms with E-state index in [4.69, 9.17) is 14.6 Å². The minimum atomic E-state index is 0.0424. The summed E-state index contributed by atoms with van der Waals surface area (Å²) in [6, 6.07) is 1.86. The third-order valence-corrected chi connectivity index (χ3v) is 1.50. The zero-order valence-corrected chi connectivity index (χ0v) is 6.44. The number of aromatic nitrogens is 2. The smallest absolute Gasteiger partial charge is 0.313 e. The van der Waals surface area contributed by atoms with Crippen LogP contribution in [0, 0.1) is 6.92 Å². The summed E-state index contributed by atoms with van der Waals surface area (Å²) in [4.78, 5) is 0. The van der Waals surface area contributed by atoms with E-state index < -0.39 is 0 Å². The summed E-state index contributed by atoms with van der Waals surface area (Å²) in [7, 11) is 0. The van der Waals surface area contributed by atoms with Crippen molar-refractivity contribution < 1.29 is 8.83 Å². The molecule has 2 heterocycles. The highest BCUT2D eigenvalue weighted by Gasteiger charge is 2.11. The van der Waals surface area contributed by atoms with Gasteiger partial charge >= 0.3 is 6.01 Å². The fraction of sp³-hybridized carbons (Fsp3) is 0.143. The van der Waals surface area contributed by atoms with Crippen LogP contribution in [0.15, 0.2) is 21.2 Å².